The highest BCUT2D eigenvalue weighted by atomic mass is 16.3. The lowest BCUT2D eigenvalue weighted by atomic mass is 9.93. The van der Waals surface area contributed by atoms with Crippen molar-refractivity contribution in [2.45, 2.75) is 0 Å². The molecule has 0 N–H and O–H groups in total. The van der Waals surface area contributed by atoms with Gasteiger partial charge in [0.25, 0.3) is 0 Å². The van der Waals surface area contributed by atoms with Gasteiger partial charge in [0.2, 0.25) is 0 Å². The van der Waals surface area contributed by atoms with Gasteiger partial charge in [-0.1, -0.05) is 152 Å². The summed E-state index contributed by atoms with van der Waals surface area (Å²) in [5.41, 5.74) is 9.20. The van der Waals surface area contributed by atoms with Crippen molar-refractivity contribution in [3.8, 4) is 56.4 Å². The maximum atomic E-state index is 6.14. The number of benzene rings is 8. The minimum atomic E-state index is 0.632. The van der Waals surface area contributed by atoms with E-state index in [1.807, 2.05) is 36.4 Å². The lowest BCUT2D eigenvalue weighted by Crippen LogP contribution is -2.01. The summed E-state index contributed by atoms with van der Waals surface area (Å²) in [6.45, 7) is 0. The van der Waals surface area contributed by atoms with Crippen molar-refractivity contribution in [3.63, 3.8) is 0 Å². The second-order valence-corrected chi connectivity index (χ2v) is 12.8. The van der Waals surface area contributed by atoms with Crippen molar-refractivity contribution >= 4 is 43.5 Å². The summed E-state index contributed by atoms with van der Waals surface area (Å²) in [5.74, 6) is 1.90. The van der Waals surface area contributed by atoms with Crippen LogP contribution in [-0.4, -0.2) is 15.0 Å². The van der Waals surface area contributed by atoms with Crippen LogP contribution in [-0.2, 0) is 0 Å². The predicted octanol–water partition coefficient (Wildman–Crippen LogP) is 12.4. The lowest BCUT2D eigenvalue weighted by molar-refractivity contribution is 0.669. The first-order valence-corrected chi connectivity index (χ1v) is 17.1. The number of fused-ring (bicyclic) bond motifs is 5. The van der Waals surface area contributed by atoms with Crippen molar-refractivity contribution in [1.82, 2.24) is 15.0 Å². The largest absolute Gasteiger partial charge is 0.456 e. The van der Waals surface area contributed by atoms with E-state index in [2.05, 4.69) is 140 Å². The van der Waals surface area contributed by atoms with Crippen molar-refractivity contribution < 1.29 is 4.42 Å². The highest BCUT2D eigenvalue weighted by Gasteiger charge is 2.19. The van der Waals surface area contributed by atoms with Gasteiger partial charge in [-0.3, -0.25) is 0 Å². The van der Waals surface area contributed by atoms with E-state index in [9.17, 15) is 0 Å². The minimum absolute atomic E-state index is 0.632. The van der Waals surface area contributed by atoms with Crippen molar-refractivity contribution in [2.75, 3.05) is 0 Å². The number of aromatic nitrogens is 3. The Balaban J connectivity index is 1.19. The van der Waals surface area contributed by atoms with Crippen LogP contribution in [0.2, 0.25) is 0 Å². The second kappa shape index (κ2) is 11.9. The van der Waals surface area contributed by atoms with Gasteiger partial charge in [-0.25, -0.2) is 15.0 Å². The molecule has 0 bridgehead atoms. The molecule has 4 nitrogen and oxygen atoms in total. The molecule has 0 aliphatic heterocycles. The average molecular weight is 652 g/mol. The Kier molecular flexibility index (Phi) is 6.78. The zero-order valence-electron chi connectivity index (χ0n) is 27.5. The van der Waals surface area contributed by atoms with Gasteiger partial charge >= 0.3 is 0 Å². The number of furan rings is 1. The Labute approximate surface area is 294 Å². The van der Waals surface area contributed by atoms with Gasteiger partial charge in [0.1, 0.15) is 11.2 Å². The van der Waals surface area contributed by atoms with E-state index >= 15 is 0 Å². The van der Waals surface area contributed by atoms with Crippen LogP contribution in [0.4, 0.5) is 0 Å². The predicted molar refractivity (Wildman–Crippen MR) is 209 cm³/mol. The fourth-order valence-electron chi connectivity index (χ4n) is 7.36. The summed E-state index contributed by atoms with van der Waals surface area (Å²) in [5, 5.41) is 6.67. The van der Waals surface area contributed by atoms with E-state index < -0.39 is 0 Å². The maximum Gasteiger partial charge on any atom is 0.164 e. The summed E-state index contributed by atoms with van der Waals surface area (Å²) in [7, 11) is 0. The Hall–Kier alpha value is -6.91. The summed E-state index contributed by atoms with van der Waals surface area (Å²) in [6, 6.07) is 61.0. The third-order valence-electron chi connectivity index (χ3n) is 9.75. The topological polar surface area (TPSA) is 51.8 Å². The molecule has 0 atom stereocenters. The van der Waals surface area contributed by atoms with Crippen LogP contribution in [0.3, 0.4) is 0 Å². The molecule has 0 fully saturated rings. The maximum absolute atomic E-state index is 6.14. The number of hydrogen-bond acceptors (Lipinski definition) is 4. The number of para-hydroxylation sites is 1. The monoisotopic (exact) mass is 651 g/mol. The normalized spacial score (nSPS) is 11.5. The molecule has 10 rings (SSSR count). The zero-order chi connectivity index (χ0) is 33.7. The summed E-state index contributed by atoms with van der Waals surface area (Å²) >= 11 is 0. The highest BCUT2D eigenvalue weighted by molar-refractivity contribution is 6.10. The first-order chi connectivity index (χ1) is 25.3. The average Bonchev–Trinajstić information content (AvgIpc) is 3.58. The molecule has 8 aromatic carbocycles. The van der Waals surface area contributed by atoms with Crippen LogP contribution in [0.5, 0.6) is 0 Å². The minimum Gasteiger partial charge on any atom is -0.456 e. The highest BCUT2D eigenvalue weighted by Crippen LogP contribution is 2.40. The van der Waals surface area contributed by atoms with Crippen molar-refractivity contribution in [2.24, 2.45) is 0 Å². The van der Waals surface area contributed by atoms with E-state index in [-0.39, 0.29) is 0 Å². The van der Waals surface area contributed by atoms with Crippen LogP contribution in [0.15, 0.2) is 180 Å². The molecule has 2 aromatic heterocycles. The molecule has 0 aliphatic carbocycles. The van der Waals surface area contributed by atoms with E-state index in [0.29, 0.717) is 17.5 Å². The van der Waals surface area contributed by atoms with Gasteiger partial charge < -0.3 is 4.42 Å². The molecular weight excluding hydrogens is 623 g/mol. The number of rotatable bonds is 5. The third kappa shape index (κ3) is 4.96. The van der Waals surface area contributed by atoms with Crippen molar-refractivity contribution in [3.05, 3.63) is 176 Å². The van der Waals surface area contributed by atoms with Gasteiger partial charge in [0.15, 0.2) is 17.5 Å². The van der Waals surface area contributed by atoms with Crippen LogP contribution in [0, 0.1) is 0 Å². The summed E-state index contributed by atoms with van der Waals surface area (Å²) < 4.78 is 6.14. The van der Waals surface area contributed by atoms with Crippen LogP contribution in [0.25, 0.3) is 99.9 Å². The van der Waals surface area contributed by atoms with Gasteiger partial charge in [-0.05, 0) is 62.7 Å². The SMILES string of the molecule is c1ccc(-c2nc(-c3ccc(-c4ccc5oc6ccccc6c5c4)c4ccccc34)nc(-c3cccc4cccc(-c5ccccc5)c34)n2)cc1. The summed E-state index contributed by atoms with van der Waals surface area (Å²) in [4.78, 5) is 15.6. The van der Waals surface area contributed by atoms with Crippen LogP contribution < -0.4 is 0 Å². The molecule has 0 radical (unpaired) electrons. The van der Waals surface area contributed by atoms with Crippen LogP contribution >= 0.6 is 0 Å². The molecule has 4 heteroatoms. The summed E-state index contributed by atoms with van der Waals surface area (Å²) in [6.07, 6.45) is 0. The van der Waals surface area contributed by atoms with Crippen LogP contribution in [0.1, 0.15) is 0 Å². The Bertz CT molecular complexity index is 2910. The molecule has 0 saturated heterocycles. The van der Waals surface area contributed by atoms with E-state index in [1.165, 1.54) is 0 Å². The van der Waals surface area contributed by atoms with Gasteiger partial charge in [-0.2, -0.15) is 0 Å². The number of hydrogen-bond donors (Lipinski definition) is 0. The molecule has 0 amide bonds. The quantitative estimate of drug-likeness (QED) is 0.186. The lowest BCUT2D eigenvalue weighted by Gasteiger charge is -2.15. The Morgan fingerprint density at radius 2 is 0.882 bits per heavy atom. The zero-order valence-corrected chi connectivity index (χ0v) is 27.5. The molecule has 0 aliphatic rings. The molecule has 238 valence electrons. The Morgan fingerprint density at radius 3 is 1.65 bits per heavy atom. The molecule has 51 heavy (non-hydrogen) atoms. The fraction of sp³-hybridized carbons (Fsp3) is 0. The molecular formula is C47H29N3O. The first-order valence-electron chi connectivity index (χ1n) is 17.1. The van der Waals surface area contributed by atoms with E-state index in [0.717, 1.165) is 82.4 Å². The van der Waals surface area contributed by atoms with Crippen molar-refractivity contribution in [1.29, 1.82) is 0 Å². The van der Waals surface area contributed by atoms with E-state index in [1.54, 1.807) is 0 Å². The molecule has 10 aromatic rings. The molecule has 0 unspecified atom stereocenters. The first kappa shape index (κ1) is 29.0. The standard InChI is InChI=1S/C47H29N3O/c1-3-13-30(14-4-1)35-22-11-17-31-18-12-23-40(44(31)35)47-49-45(32-15-5-2-6-16-32)48-46(50-47)39-27-26-34(36-19-7-8-20-37(36)39)33-25-28-43-41(29-33)38-21-9-10-24-42(38)51-43/h1-29H. The fourth-order valence-corrected chi connectivity index (χ4v) is 7.36. The smallest absolute Gasteiger partial charge is 0.164 e. The second-order valence-electron chi connectivity index (χ2n) is 12.8. The van der Waals surface area contributed by atoms with E-state index in [4.69, 9.17) is 19.4 Å². The molecule has 2 heterocycles. The Morgan fingerprint density at radius 1 is 0.314 bits per heavy atom. The third-order valence-corrected chi connectivity index (χ3v) is 9.75. The number of nitrogens with zero attached hydrogens (tertiary/aromatic N) is 3. The molecule has 0 saturated carbocycles. The van der Waals surface area contributed by atoms with Gasteiger partial charge in [0.05, 0.1) is 0 Å². The van der Waals surface area contributed by atoms with Gasteiger partial charge in [0, 0.05) is 32.8 Å². The molecule has 0 spiro atoms. The van der Waals surface area contributed by atoms with Gasteiger partial charge in [-0.15, -0.1) is 0 Å².